The maximum absolute atomic E-state index is 4.71. The van der Waals surface area contributed by atoms with Gasteiger partial charge in [0.15, 0.2) is 12.3 Å². The van der Waals surface area contributed by atoms with Gasteiger partial charge in [0.1, 0.15) is 0 Å². The number of fused-ring (bicyclic) bond motifs is 2. The second kappa shape index (κ2) is 4.84. The highest BCUT2D eigenvalue weighted by Crippen LogP contribution is 2.27. The standard InChI is InChI=1S/C18H14N4/c1-11-9-13-5-3-7-19-17(13)21-15(11)16-12(2)10-14-6-4-8-20-18(14)22-16/h3-10,17-18H,1-2H2. The lowest BCUT2D eigenvalue weighted by molar-refractivity contribution is 0.826. The predicted molar refractivity (Wildman–Crippen MR) is 92.2 cm³/mol. The van der Waals surface area contributed by atoms with Crippen LogP contribution in [0, 0.1) is 0 Å². The molecule has 0 bridgehead atoms. The van der Waals surface area contributed by atoms with Gasteiger partial charge in [-0.05, 0) is 46.6 Å². The molecule has 4 heteroatoms. The fourth-order valence-corrected chi connectivity index (χ4v) is 2.75. The molecule has 0 aromatic heterocycles. The summed E-state index contributed by atoms with van der Waals surface area (Å²) in [6.45, 7) is 8.22. The molecule has 0 aliphatic carbocycles. The Labute approximate surface area is 128 Å². The first-order valence-electron chi connectivity index (χ1n) is 7.10. The molecule has 0 aromatic rings. The first kappa shape index (κ1) is 12.8. The topological polar surface area (TPSA) is 49.4 Å². The third-order valence-electron chi connectivity index (χ3n) is 3.82. The van der Waals surface area contributed by atoms with E-state index in [1.54, 1.807) is 12.4 Å². The van der Waals surface area contributed by atoms with Crippen molar-refractivity contribution >= 4 is 23.9 Å². The number of nitrogens with zero attached hydrogens (tertiary/aromatic N) is 4. The van der Waals surface area contributed by atoms with Crippen molar-refractivity contribution < 1.29 is 0 Å². The van der Waals surface area contributed by atoms with Crippen LogP contribution in [-0.2, 0) is 0 Å². The number of hydrogen-bond acceptors (Lipinski definition) is 4. The molecule has 22 heavy (non-hydrogen) atoms. The zero-order chi connectivity index (χ0) is 15.1. The van der Waals surface area contributed by atoms with Crippen LogP contribution in [0.15, 0.2) is 91.9 Å². The second-order valence-corrected chi connectivity index (χ2v) is 5.36. The van der Waals surface area contributed by atoms with Crippen molar-refractivity contribution in [1.82, 2.24) is 0 Å². The Balaban J connectivity index is 1.73. The third-order valence-corrected chi connectivity index (χ3v) is 3.82. The van der Waals surface area contributed by atoms with E-state index in [0.29, 0.717) is 0 Å². The molecule has 0 radical (unpaired) electrons. The Kier molecular flexibility index (Phi) is 2.82. The average Bonchev–Trinajstić information content (AvgIpc) is 2.54. The van der Waals surface area contributed by atoms with Crippen LogP contribution in [0.2, 0.25) is 0 Å². The molecule has 0 aromatic carbocycles. The van der Waals surface area contributed by atoms with E-state index in [2.05, 4.69) is 23.1 Å². The van der Waals surface area contributed by atoms with Gasteiger partial charge in [-0.15, -0.1) is 0 Å². The zero-order valence-corrected chi connectivity index (χ0v) is 12.0. The van der Waals surface area contributed by atoms with Crippen molar-refractivity contribution in [2.24, 2.45) is 20.0 Å². The van der Waals surface area contributed by atoms with E-state index in [9.17, 15) is 0 Å². The minimum Gasteiger partial charge on any atom is -0.262 e. The van der Waals surface area contributed by atoms with Crippen molar-refractivity contribution in [3.8, 4) is 0 Å². The summed E-state index contributed by atoms with van der Waals surface area (Å²) < 4.78 is 0. The van der Waals surface area contributed by atoms with Gasteiger partial charge in [-0.1, -0.05) is 25.3 Å². The normalized spacial score (nSPS) is 28.5. The van der Waals surface area contributed by atoms with Crippen LogP contribution in [0.5, 0.6) is 0 Å². The molecule has 4 aliphatic rings. The molecule has 106 valence electrons. The van der Waals surface area contributed by atoms with Gasteiger partial charge in [0, 0.05) is 12.4 Å². The molecule has 0 amide bonds. The number of aliphatic imine (C=N–C) groups is 4. The van der Waals surface area contributed by atoms with E-state index in [1.165, 1.54) is 0 Å². The molecular weight excluding hydrogens is 272 g/mol. The lowest BCUT2D eigenvalue weighted by Gasteiger charge is -2.25. The summed E-state index contributed by atoms with van der Waals surface area (Å²) in [5, 5.41) is 0. The van der Waals surface area contributed by atoms with Gasteiger partial charge >= 0.3 is 0 Å². The van der Waals surface area contributed by atoms with Gasteiger partial charge in [0.25, 0.3) is 0 Å². The monoisotopic (exact) mass is 286 g/mol. The van der Waals surface area contributed by atoms with Gasteiger partial charge in [0.05, 0.1) is 11.4 Å². The smallest absolute Gasteiger partial charge is 0.165 e. The van der Waals surface area contributed by atoms with Gasteiger partial charge in [0.2, 0.25) is 0 Å². The van der Waals surface area contributed by atoms with Crippen molar-refractivity contribution in [2.45, 2.75) is 12.3 Å². The highest BCUT2D eigenvalue weighted by Gasteiger charge is 2.27. The molecular formula is C18H14N4. The minimum atomic E-state index is -0.207. The summed E-state index contributed by atoms with van der Waals surface area (Å²) in [5.74, 6) is 0. The van der Waals surface area contributed by atoms with Gasteiger partial charge in [-0.2, -0.15) is 0 Å². The van der Waals surface area contributed by atoms with Crippen LogP contribution in [-0.4, -0.2) is 36.2 Å². The van der Waals surface area contributed by atoms with Crippen LogP contribution in [0.3, 0.4) is 0 Å². The molecule has 0 N–H and O–H groups in total. The molecule has 4 rings (SSSR count). The van der Waals surface area contributed by atoms with Crippen LogP contribution in [0.1, 0.15) is 0 Å². The van der Waals surface area contributed by atoms with Crippen molar-refractivity contribution in [3.05, 3.63) is 71.9 Å². The first-order valence-corrected chi connectivity index (χ1v) is 7.10. The minimum absolute atomic E-state index is 0.207. The van der Waals surface area contributed by atoms with E-state index in [0.717, 1.165) is 33.7 Å². The molecule has 4 nitrogen and oxygen atoms in total. The lowest BCUT2D eigenvalue weighted by atomic mass is 9.92. The Hall–Kier alpha value is -2.88. The van der Waals surface area contributed by atoms with Gasteiger partial charge in [-0.25, -0.2) is 0 Å². The quantitative estimate of drug-likeness (QED) is 0.712. The zero-order valence-electron chi connectivity index (χ0n) is 12.0. The number of rotatable bonds is 1. The van der Waals surface area contributed by atoms with Crippen molar-refractivity contribution in [1.29, 1.82) is 0 Å². The summed E-state index contributed by atoms with van der Waals surface area (Å²) in [5.41, 5.74) is 5.28. The van der Waals surface area contributed by atoms with E-state index < -0.39 is 0 Å². The van der Waals surface area contributed by atoms with Crippen LogP contribution < -0.4 is 0 Å². The largest absolute Gasteiger partial charge is 0.262 e. The second-order valence-electron chi connectivity index (χ2n) is 5.36. The van der Waals surface area contributed by atoms with Crippen LogP contribution in [0.4, 0.5) is 0 Å². The number of hydrogen-bond donors (Lipinski definition) is 0. The SMILES string of the molecule is C=C1C=C2C=CC=NC2N=C1C1=NC2N=CC=CC2=CC1=C. The third kappa shape index (κ3) is 2.00. The summed E-state index contributed by atoms with van der Waals surface area (Å²) >= 11 is 0. The summed E-state index contributed by atoms with van der Waals surface area (Å²) in [4.78, 5) is 18.2. The van der Waals surface area contributed by atoms with E-state index in [-0.39, 0.29) is 12.3 Å². The van der Waals surface area contributed by atoms with E-state index in [4.69, 9.17) is 9.98 Å². The van der Waals surface area contributed by atoms with Crippen LogP contribution >= 0.6 is 0 Å². The Morgan fingerprint density at radius 2 is 1.18 bits per heavy atom. The predicted octanol–water partition coefficient (Wildman–Crippen LogP) is 2.79. The lowest BCUT2D eigenvalue weighted by Crippen LogP contribution is -2.28. The van der Waals surface area contributed by atoms with E-state index in [1.807, 2.05) is 36.5 Å². The maximum atomic E-state index is 4.71. The molecule has 2 unspecified atom stereocenters. The molecule has 0 spiro atoms. The van der Waals surface area contributed by atoms with E-state index >= 15 is 0 Å². The Bertz CT molecular complexity index is 755. The van der Waals surface area contributed by atoms with Crippen LogP contribution in [0.25, 0.3) is 0 Å². The fraction of sp³-hybridized carbons (Fsp3) is 0.111. The highest BCUT2D eigenvalue weighted by molar-refractivity contribution is 6.55. The fourth-order valence-electron chi connectivity index (χ4n) is 2.75. The highest BCUT2D eigenvalue weighted by atomic mass is 15.0. The molecule has 0 saturated heterocycles. The number of allylic oxidation sites excluding steroid dienone is 6. The maximum Gasteiger partial charge on any atom is 0.165 e. The average molecular weight is 286 g/mol. The molecule has 4 heterocycles. The molecule has 0 fully saturated rings. The Morgan fingerprint density at radius 3 is 1.64 bits per heavy atom. The number of dihydropyridines is 4. The van der Waals surface area contributed by atoms with Crippen molar-refractivity contribution in [3.63, 3.8) is 0 Å². The van der Waals surface area contributed by atoms with Gasteiger partial charge < -0.3 is 0 Å². The Morgan fingerprint density at radius 1 is 0.727 bits per heavy atom. The summed E-state index contributed by atoms with van der Waals surface area (Å²) in [6.07, 6.45) is 15.0. The molecule has 0 saturated carbocycles. The molecule has 2 atom stereocenters. The van der Waals surface area contributed by atoms with Gasteiger partial charge in [-0.3, -0.25) is 20.0 Å². The van der Waals surface area contributed by atoms with Crippen molar-refractivity contribution in [2.75, 3.05) is 0 Å². The summed E-state index contributed by atoms with van der Waals surface area (Å²) in [7, 11) is 0. The summed E-state index contributed by atoms with van der Waals surface area (Å²) in [6, 6.07) is 0. The molecule has 4 aliphatic heterocycles. The first-order chi connectivity index (χ1) is 10.7.